The van der Waals surface area contributed by atoms with Crippen LogP contribution in [-0.2, 0) is 22.6 Å². The van der Waals surface area contributed by atoms with Gasteiger partial charge < -0.3 is 20.7 Å². The summed E-state index contributed by atoms with van der Waals surface area (Å²) in [5, 5.41) is 3.78. The predicted molar refractivity (Wildman–Crippen MR) is 142 cm³/mol. The minimum atomic E-state index is -0.679. The molecule has 1 saturated heterocycles. The summed E-state index contributed by atoms with van der Waals surface area (Å²) in [6.45, 7) is 0.869. The largest absolute Gasteiger partial charge is 0.457 e. The van der Waals surface area contributed by atoms with Crippen molar-refractivity contribution in [3.63, 3.8) is 0 Å². The number of nitrogens with zero attached hydrogens (tertiary/aromatic N) is 1. The van der Waals surface area contributed by atoms with Gasteiger partial charge in [0.2, 0.25) is 11.8 Å². The second-order valence-electron chi connectivity index (χ2n) is 8.84. The standard InChI is InChI=1S/C28H29Cl2N3O3/c29-23-14-11-20(16-24(23)30)17-25-28(35)33(26(27(34)32-25)8-4-5-15-31)18-19-9-12-22(13-10-19)36-21-6-2-1-3-7-21/h1-3,6-7,9-14,16,25-26H,4-5,8,15,17-18,31H2,(H,32,34). The zero-order chi connectivity index (χ0) is 25.5. The maximum absolute atomic E-state index is 13.6. The van der Waals surface area contributed by atoms with Gasteiger partial charge in [-0.15, -0.1) is 0 Å². The molecule has 2 amide bonds. The molecule has 2 unspecified atom stereocenters. The van der Waals surface area contributed by atoms with Gasteiger partial charge in [0.05, 0.1) is 10.0 Å². The fraction of sp³-hybridized carbons (Fsp3) is 0.286. The lowest BCUT2D eigenvalue weighted by Gasteiger charge is -2.39. The third-order valence-corrected chi connectivity index (χ3v) is 6.93. The summed E-state index contributed by atoms with van der Waals surface area (Å²) < 4.78 is 5.87. The Balaban J connectivity index is 1.51. The van der Waals surface area contributed by atoms with Crippen molar-refractivity contribution < 1.29 is 14.3 Å². The van der Waals surface area contributed by atoms with E-state index in [4.69, 9.17) is 33.7 Å². The van der Waals surface area contributed by atoms with Gasteiger partial charge in [0.25, 0.3) is 0 Å². The average molecular weight is 526 g/mol. The number of halogens is 2. The molecule has 0 radical (unpaired) electrons. The minimum absolute atomic E-state index is 0.122. The number of amides is 2. The van der Waals surface area contributed by atoms with Crippen LogP contribution >= 0.6 is 23.2 Å². The Bertz CT molecular complexity index is 1190. The normalized spacial score (nSPS) is 17.7. The summed E-state index contributed by atoms with van der Waals surface area (Å²) in [5.41, 5.74) is 7.39. The van der Waals surface area contributed by atoms with Crippen molar-refractivity contribution in [2.45, 2.75) is 44.3 Å². The Kier molecular flexibility index (Phi) is 8.86. The van der Waals surface area contributed by atoms with Crippen LogP contribution < -0.4 is 15.8 Å². The van der Waals surface area contributed by atoms with Crippen LogP contribution in [0.3, 0.4) is 0 Å². The Labute approximate surface area is 221 Å². The van der Waals surface area contributed by atoms with E-state index in [2.05, 4.69) is 5.32 Å². The van der Waals surface area contributed by atoms with Gasteiger partial charge in [0.1, 0.15) is 23.6 Å². The summed E-state index contributed by atoms with van der Waals surface area (Å²) >= 11 is 12.2. The molecule has 0 bridgehead atoms. The van der Waals surface area contributed by atoms with Crippen LogP contribution in [-0.4, -0.2) is 35.3 Å². The number of carbonyl (C=O) groups excluding carboxylic acids is 2. The molecule has 4 rings (SSSR count). The van der Waals surface area contributed by atoms with E-state index in [0.717, 1.165) is 29.7 Å². The van der Waals surface area contributed by atoms with Gasteiger partial charge in [-0.2, -0.15) is 0 Å². The molecule has 1 heterocycles. The minimum Gasteiger partial charge on any atom is -0.457 e. The second kappa shape index (κ2) is 12.3. The van der Waals surface area contributed by atoms with E-state index in [1.165, 1.54) is 0 Å². The molecule has 1 aliphatic rings. The Morgan fingerprint density at radius 1 is 0.861 bits per heavy atom. The zero-order valence-corrected chi connectivity index (χ0v) is 21.3. The maximum Gasteiger partial charge on any atom is 0.246 e. The van der Waals surface area contributed by atoms with Gasteiger partial charge in [0, 0.05) is 13.0 Å². The molecule has 8 heteroatoms. The number of nitrogens with two attached hydrogens (primary N) is 1. The SMILES string of the molecule is NCCCCC1C(=O)NC(Cc2ccc(Cl)c(Cl)c2)C(=O)N1Cc1ccc(Oc2ccccc2)cc1. The molecule has 6 nitrogen and oxygen atoms in total. The van der Waals surface area contributed by atoms with Crippen molar-refractivity contribution >= 4 is 35.0 Å². The number of nitrogens with one attached hydrogen (secondary N) is 1. The molecule has 0 saturated carbocycles. The lowest BCUT2D eigenvalue weighted by atomic mass is 9.97. The van der Waals surface area contributed by atoms with E-state index in [-0.39, 0.29) is 11.8 Å². The molecular formula is C28H29Cl2N3O3. The first-order valence-electron chi connectivity index (χ1n) is 12.0. The summed E-state index contributed by atoms with van der Waals surface area (Å²) in [6.07, 6.45) is 2.45. The number of unbranched alkanes of at least 4 members (excludes halogenated alkanes) is 1. The highest BCUT2D eigenvalue weighted by molar-refractivity contribution is 6.42. The Hall–Kier alpha value is -3.06. The number of benzene rings is 3. The Morgan fingerprint density at radius 3 is 2.25 bits per heavy atom. The molecule has 1 fully saturated rings. The molecule has 0 aromatic heterocycles. The predicted octanol–water partition coefficient (Wildman–Crippen LogP) is 5.35. The van der Waals surface area contributed by atoms with E-state index >= 15 is 0 Å². The molecule has 36 heavy (non-hydrogen) atoms. The van der Waals surface area contributed by atoms with Crippen molar-refractivity contribution in [1.82, 2.24) is 10.2 Å². The molecule has 0 aliphatic carbocycles. The van der Waals surface area contributed by atoms with Crippen LogP contribution in [0.5, 0.6) is 11.5 Å². The van der Waals surface area contributed by atoms with Gasteiger partial charge >= 0.3 is 0 Å². The number of hydrogen-bond acceptors (Lipinski definition) is 4. The summed E-state index contributed by atoms with van der Waals surface area (Å²) in [6, 6.07) is 21.1. The van der Waals surface area contributed by atoms with Crippen LogP contribution in [0.15, 0.2) is 72.8 Å². The maximum atomic E-state index is 13.6. The van der Waals surface area contributed by atoms with Gasteiger partial charge in [-0.25, -0.2) is 0 Å². The van der Waals surface area contributed by atoms with Crippen molar-refractivity contribution in [2.75, 3.05) is 6.54 Å². The van der Waals surface area contributed by atoms with Crippen molar-refractivity contribution in [3.8, 4) is 11.5 Å². The molecule has 2 atom stereocenters. The number of hydrogen-bond donors (Lipinski definition) is 2. The summed E-state index contributed by atoms with van der Waals surface area (Å²) in [5.74, 6) is 1.17. The van der Waals surface area contributed by atoms with Crippen LogP contribution in [0, 0.1) is 0 Å². The lowest BCUT2D eigenvalue weighted by Crippen LogP contribution is -2.63. The molecule has 3 aromatic carbocycles. The molecule has 3 N–H and O–H groups in total. The molecule has 0 spiro atoms. The van der Waals surface area contributed by atoms with E-state index < -0.39 is 12.1 Å². The van der Waals surface area contributed by atoms with Gasteiger partial charge in [0.15, 0.2) is 0 Å². The quantitative estimate of drug-likeness (QED) is 0.349. The van der Waals surface area contributed by atoms with Crippen LogP contribution in [0.25, 0.3) is 0 Å². The van der Waals surface area contributed by atoms with E-state index in [1.807, 2.05) is 60.7 Å². The molecular weight excluding hydrogens is 497 g/mol. The first-order chi connectivity index (χ1) is 17.4. The summed E-state index contributed by atoms with van der Waals surface area (Å²) in [7, 11) is 0. The first-order valence-corrected chi connectivity index (χ1v) is 12.8. The van der Waals surface area contributed by atoms with Crippen LogP contribution in [0.2, 0.25) is 10.0 Å². The second-order valence-corrected chi connectivity index (χ2v) is 9.65. The summed E-state index contributed by atoms with van der Waals surface area (Å²) in [4.78, 5) is 28.4. The number of para-hydroxylation sites is 1. The number of ether oxygens (including phenoxy) is 1. The highest BCUT2D eigenvalue weighted by Crippen LogP contribution is 2.26. The fourth-order valence-electron chi connectivity index (χ4n) is 4.31. The third kappa shape index (κ3) is 6.58. The van der Waals surface area contributed by atoms with Gasteiger partial charge in [-0.1, -0.05) is 59.6 Å². The first kappa shape index (κ1) is 26.0. The van der Waals surface area contributed by atoms with E-state index in [1.54, 1.807) is 17.0 Å². The van der Waals surface area contributed by atoms with E-state index in [0.29, 0.717) is 41.7 Å². The van der Waals surface area contributed by atoms with Crippen LogP contribution in [0.4, 0.5) is 0 Å². The van der Waals surface area contributed by atoms with Crippen molar-refractivity contribution in [2.24, 2.45) is 5.73 Å². The number of rotatable bonds is 10. The number of piperazine rings is 1. The average Bonchev–Trinajstić information content (AvgIpc) is 2.88. The van der Waals surface area contributed by atoms with Crippen molar-refractivity contribution in [3.05, 3.63) is 94.0 Å². The number of carbonyl (C=O) groups is 2. The fourth-order valence-corrected chi connectivity index (χ4v) is 4.63. The van der Waals surface area contributed by atoms with E-state index in [9.17, 15) is 9.59 Å². The molecule has 188 valence electrons. The van der Waals surface area contributed by atoms with Crippen molar-refractivity contribution in [1.29, 1.82) is 0 Å². The van der Waals surface area contributed by atoms with Gasteiger partial charge in [-0.3, -0.25) is 9.59 Å². The molecule has 1 aliphatic heterocycles. The monoisotopic (exact) mass is 525 g/mol. The third-order valence-electron chi connectivity index (χ3n) is 6.19. The lowest BCUT2D eigenvalue weighted by molar-refractivity contribution is -0.150. The highest BCUT2D eigenvalue weighted by atomic mass is 35.5. The van der Waals surface area contributed by atoms with Crippen LogP contribution in [0.1, 0.15) is 30.4 Å². The Morgan fingerprint density at radius 2 is 1.56 bits per heavy atom. The zero-order valence-electron chi connectivity index (χ0n) is 19.8. The van der Waals surface area contributed by atoms with Gasteiger partial charge in [-0.05, 0) is 73.3 Å². The highest BCUT2D eigenvalue weighted by Gasteiger charge is 2.40. The topological polar surface area (TPSA) is 84.7 Å². The smallest absolute Gasteiger partial charge is 0.246 e. The molecule has 3 aromatic rings.